The van der Waals surface area contributed by atoms with Gasteiger partial charge in [0.25, 0.3) is 21.8 Å². The van der Waals surface area contributed by atoms with Crippen molar-refractivity contribution in [1.29, 1.82) is 0 Å². The van der Waals surface area contributed by atoms with E-state index in [9.17, 15) is 18.0 Å². The summed E-state index contributed by atoms with van der Waals surface area (Å²) < 4.78 is 27.5. The van der Waals surface area contributed by atoms with Gasteiger partial charge in [0.05, 0.1) is 4.90 Å². The van der Waals surface area contributed by atoms with Crippen LogP contribution in [0, 0.1) is 6.92 Å². The maximum atomic E-state index is 12.6. The molecule has 3 rings (SSSR count). The number of hydrogen-bond donors (Lipinski definition) is 4. The number of carbonyl (C=O) groups excluding carboxylic acids is 2. The van der Waals surface area contributed by atoms with E-state index in [1.165, 1.54) is 36.4 Å². The second kappa shape index (κ2) is 10.1. The van der Waals surface area contributed by atoms with Gasteiger partial charge in [-0.1, -0.05) is 48.0 Å². The van der Waals surface area contributed by atoms with Gasteiger partial charge in [-0.15, -0.1) is 0 Å². The summed E-state index contributed by atoms with van der Waals surface area (Å²) in [5, 5.41) is 11.6. The minimum atomic E-state index is -3.76. The van der Waals surface area contributed by atoms with Crippen molar-refractivity contribution in [3.05, 3.63) is 95.6 Å². The maximum absolute atomic E-state index is 12.6. The molecule has 32 heavy (non-hydrogen) atoms. The number of rotatable bonds is 8. The fourth-order valence-corrected chi connectivity index (χ4v) is 4.06. The number of aryl methyl sites for hydroxylation is 1. The van der Waals surface area contributed by atoms with Crippen molar-refractivity contribution in [2.75, 3.05) is 4.72 Å². The van der Waals surface area contributed by atoms with E-state index in [1.54, 1.807) is 41.9 Å². The molecule has 0 aliphatic heterocycles. The molecule has 2 amide bonds. The van der Waals surface area contributed by atoms with E-state index < -0.39 is 27.9 Å². The van der Waals surface area contributed by atoms with E-state index in [0.29, 0.717) is 0 Å². The summed E-state index contributed by atoms with van der Waals surface area (Å²) in [5.74, 6) is -1.29. The predicted octanol–water partition coefficient (Wildman–Crippen LogP) is 2.64. The summed E-state index contributed by atoms with van der Waals surface area (Å²) in [7, 11) is -3.76. The highest BCUT2D eigenvalue weighted by Gasteiger charge is 2.22. The lowest BCUT2D eigenvalue weighted by atomic mass is 10.0. The van der Waals surface area contributed by atoms with Crippen molar-refractivity contribution in [2.24, 2.45) is 0 Å². The van der Waals surface area contributed by atoms with Crippen LogP contribution in [0.5, 0.6) is 0 Å². The van der Waals surface area contributed by atoms with Gasteiger partial charge in [-0.05, 0) is 48.9 Å². The number of nitrogens with one attached hydrogen (secondary N) is 3. The standard InChI is InChI=1S/C23H23N3O5S/c1-16-7-13-20(14-8-16)32(30,31)26-19-11-9-18(10-12-19)22(27)24-21(23(28)25-29)15-17-5-3-2-4-6-17/h2-14,21,26,29H,15H2,1H3,(H,24,27)(H,25,28)/t21-/m0/s1. The average Bonchev–Trinajstić information content (AvgIpc) is 2.79. The Kier molecular flexibility index (Phi) is 7.24. The molecule has 8 nitrogen and oxygen atoms in total. The van der Waals surface area contributed by atoms with Crippen molar-refractivity contribution < 1.29 is 23.2 Å². The van der Waals surface area contributed by atoms with Crippen molar-refractivity contribution in [2.45, 2.75) is 24.3 Å². The first kappa shape index (κ1) is 23.0. The molecule has 0 fully saturated rings. The van der Waals surface area contributed by atoms with Crippen molar-refractivity contribution >= 4 is 27.5 Å². The molecule has 9 heteroatoms. The van der Waals surface area contributed by atoms with Crippen LogP contribution in [0.25, 0.3) is 0 Å². The average molecular weight is 454 g/mol. The smallest absolute Gasteiger partial charge is 0.266 e. The van der Waals surface area contributed by atoms with Gasteiger partial charge in [-0.25, -0.2) is 13.9 Å². The largest absolute Gasteiger partial charge is 0.340 e. The summed E-state index contributed by atoms with van der Waals surface area (Å²) in [6, 6.07) is 20.3. The highest BCUT2D eigenvalue weighted by Crippen LogP contribution is 2.17. The first-order chi connectivity index (χ1) is 15.3. The monoisotopic (exact) mass is 453 g/mol. The Balaban J connectivity index is 1.69. The fourth-order valence-electron chi connectivity index (χ4n) is 3.00. The third-order valence-electron chi connectivity index (χ3n) is 4.75. The van der Waals surface area contributed by atoms with Crippen LogP contribution in [-0.4, -0.2) is 31.5 Å². The quantitative estimate of drug-likeness (QED) is 0.308. The maximum Gasteiger partial charge on any atom is 0.266 e. The number of benzene rings is 3. The van der Waals surface area contributed by atoms with E-state index in [2.05, 4.69) is 10.0 Å². The van der Waals surface area contributed by atoms with Crippen LogP contribution in [0.2, 0.25) is 0 Å². The number of sulfonamides is 1. The zero-order valence-electron chi connectivity index (χ0n) is 17.3. The molecular formula is C23H23N3O5S. The summed E-state index contributed by atoms with van der Waals surface area (Å²) in [6.45, 7) is 1.86. The molecule has 0 saturated heterocycles. The predicted molar refractivity (Wildman–Crippen MR) is 120 cm³/mol. The van der Waals surface area contributed by atoms with Crippen LogP contribution < -0.4 is 15.5 Å². The van der Waals surface area contributed by atoms with E-state index in [1.807, 2.05) is 13.0 Å². The van der Waals surface area contributed by atoms with Gasteiger partial charge in [-0.3, -0.25) is 19.5 Å². The first-order valence-electron chi connectivity index (χ1n) is 9.77. The van der Waals surface area contributed by atoms with E-state index in [0.717, 1.165) is 11.1 Å². The Hall–Kier alpha value is -3.69. The Morgan fingerprint density at radius 1 is 0.906 bits per heavy atom. The molecular weight excluding hydrogens is 430 g/mol. The fraction of sp³-hybridized carbons (Fsp3) is 0.130. The van der Waals surface area contributed by atoms with Crippen LogP contribution in [-0.2, 0) is 21.2 Å². The SMILES string of the molecule is Cc1ccc(S(=O)(=O)Nc2ccc(C(=O)N[C@@H](Cc3ccccc3)C(=O)NO)cc2)cc1. The molecule has 0 radical (unpaired) electrons. The Morgan fingerprint density at radius 2 is 1.53 bits per heavy atom. The third kappa shape index (κ3) is 5.93. The van der Waals surface area contributed by atoms with Gasteiger partial charge in [-0.2, -0.15) is 0 Å². The minimum Gasteiger partial charge on any atom is -0.340 e. The molecule has 0 aliphatic carbocycles. The molecule has 1 atom stereocenters. The minimum absolute atomic E-state index is 0.128. The molecule has 3 aromatic rings. The molecule has 0 aromatic heterocycles. The molecule has 4 N–H and O–H groups in total. The van der Waals surface area contributed by atoms with E-state index in [-0.39, 0.29) is 22.6 Å². The van der Waals surface area contributed by atoms with Gasteiger partial charge in [0, 0.05) is 17.7 Å². The Labute approximate surface area is 186 Å². The summed E-state index contributed by atoms with van der Waals surface area (Å²) in [6.07, 6.45) is 0.188. The molecule has 166 valence electrons. The van der Waals surface area contributed by atoms with Crippen molar-refractivity contribution in [1.82, 2.24) is 10.8 Å². The topological polar surface area (TPSA) is 125 Å². The molecule has 0 bridgehead atoms. The second-order valence-corrected chi connectivity index (χ2v) is 8.87. The van der Waals surface area contributed by atoms with Crippen LogP contribution in [0.4, 0.5) is 5.69 Å². The highest BCUT2D eigenvalue weighted by molar-refractivity contribution is 7.92. The molecule has 0 spiro atoms. The molecule has 0 heterocycles. The normalized spacial score (nSPS) is 11.9. The number of carbonyl (C=O) groups is 2. The number of hydrogen-bond acceptors (Lipinski definition) is 5. The van der Waals surface area contributed by atoms with Crippen LogP contribution in [0.3, 0.4) is 0 Å². The van der Waals surface area contributed by atoms with Crippen molar-refractivity contribution in [3.8, 4) is 0 Å². The first-order valence-corrected chi connectivity index (χ1v) is 11.2. The second-order valence-electron chi connectivity index (χ2n) is 7.19. The van der Waals surface area contributed by atoms with E-state index in [4.69, 9.17) is 5.21 Å². The molecule has 0 saturated carbocycles. The highest BCUT2D eigenvalue weighted by atomic mass is 32.2. The Bertz CT molecular complexity index is 1180. The van der Waals surface area contributed by atoms with Crippen molar-refractivity contribution in [3.63, 3.8) is 0 Å². The van der Waals surface area contributed by atoms with Gasteiger partial charge in [0.1, 0.15) is 6.04 Å². The lowest BCUT2D eigenvalue weighted by Gasteiger charge is -2.17. The zero-order chi connectivity index (χ0) is 23.1. The third-order valence-corrected chi connectivity index (χ3v) is 6.14. The van der Waals surface area contributed by atoms with Crippen LogP contribution in [0.15, 0.2) is 83.8 Å². The molecule has 0 aliphatic rings. The van der Waals surface area contributed by atoms with Crippen LogP contribution >= 0.6 is 0 Å². The molecule has 3 aromatic carbocycles. The molecule has 0 unspecified atom stereocenters. The lowest BCUT2D eigenvalue weighted by Crippen LogP contribution is -2.47. The summed E-state index contributed by atoms with van der Waals surface area (Å²) in [5.41, 5.74) is 3.83. The number of anilines is 1. The zero-order valence-corrected chi connectivity index (χ0v) is 18.1. The van der Waals surface area contributed by atoms with Gasteiger partial charge in [0.15, 0.2) is 0 Å². The summed E-state index contributed by atoms with van der Waals surface area (Å²) in [4.78, 5) is 24.7. The van der Waals surface area contributed by atoms with Gasteiger partial charge >= 0.3 is 0 Å². The lowest BCUT2D eigenvalue weighted by molar-refractivity contribution is -0.131. The Morgan fingerprint density at radius 3 is 2.12 bits per heavy atom. The number of hydroxylamine groups is 1. The van der Waals surface area contributed by atoms with Gasteiger partial charge < -0.3 is 5.32 Å². The number of amides is 2. The van der Waals surface area contributed by atoms with Gasteiger partial charge in [0.2, 0.25) is 0 Å². The summed E-state index contributed by atoms with van der Waals surface area (Å²) >= 11 is 0. The van der Waals surface area contributed by atoms with Crippen LogP contribution in [0.1, 0.15) is 21.5 Å². The van der Waals surface area contributed by atoms with E-state index >= 15 is 0 Å².